The second-order valence-corrected chi connectivity index (χ2v) is 6.42. The van der Waals surface area contributed by atoms with Crippen molar-refractivity contribution in [3.63, 3.8) is 0 Å². The molecule has 3 aromatic carbocycles. The lowest BCUT2D eigenvalue weighted by Crippen LogP contribution is -2.35. The third kappa shape index (κ3) is 2.97. The first-order chi connectivity index (χ1) is 12.3. The molecule has 0 aromatic heterocycles. The third-order valence-electron chi connectivity index (χ3n) is 4.70. The molecule has 1 heterocycles. The van der Waals surface area contributed by atoms with Crippen LogP contribution in [0.2, 0.25) is 0 Å². The van der Waals surface area contributed by atoms with Crippen LogP contribution in [-0.4, -0.2) is 6.61 Å². The summed E-state index contributed by atoms with van der Waals surface area (Å²) in [4.78, 5) is 0. The van der Waals surface area contributed by atoms with Crippen LogP contribution in [0.25, 0.3) is 0 Å². The predicted molar refractivity (Wildman–Crippen MR) is 101 cm³/mol. The molecule has 0 unspecified atom stereocenters. The van der Waals surface area contributed by atoms with Gasteiger partial charge in [-0.3, -0.25) is 0 Å². The average Bonchev–Trinajstić information content (AvgIpc) is 2.68. The number of ether oxygens (including phenoxy) is 1. The molecule has 4 rings (SSSR count). The molecule has 0 fully saturated rings. The molecular weight excluding hydrogens is 304 g/mol. The summed E-state index contributed by atoms with van der Waals surface area (Å²) in [5.41, 5.74) is 5.09. The van der Waals surface area contributed by atoms with E-state index in [1.807, 2.05) is 30.3 Å². The highest BCUT2D eigenvalue weighted by Crippen LogP contribution is 2.38. The lowest BCUT2D eigenvalue weighted by Gasteiger charge is -2.35. The van der Waals surface area contributed by atoms with Gasteiger partial charge in [-0.15, -0.1) is 0 Å². The number of benzene rings is 3. The summed E-state index contributed by atoms with van der Waals surface area (Å²) in [5, 5.41) is 0. The highest BCUT2D eigenvalue weighted by Gasteiger charge is 2.38. The van der Waals surface area contributed by atoms with Crippen LogP contribution < -0.4 is 0 Å². The first kappa shape index (κ1) is 15.7. The van der Waals surface area contributed by atoms with Gasteiger partial charge in [-0.05, 0) is 31.0 Å². The van der Waals surface area contributed by atoms with Gasteiger partial charge in [-0.1, -0.05) is 84.1 Å². The Morgan fingerprint density at radius 3 is 2.36 bits per heavy atom. The Bertz CT molecular complexity index is 929. The van der Waals surface area contributed by atoms with E-state index >= 15 is 0 Å². The molecule has 1 aliphatic rings. The topological polar surface area (TPSA) is 9.23 Å². The Hall–Kier alpha value is -2.82. The number of fused-ring (bicyclic) bond motifs is 1. The van der Waals surface area contributed by atoms with Gasteiger partial charge >= 0.3 is 0 Å². The smallest absolute Gasteiger partial charge is 0.180 e. The molecule has 25 heavy (non-hydrogen) atoms. The van der Waals surface area contributed by atoms with E-state index in [4.69, 9.17) is 4.74 Å². The second-order valence-electron chi connectivity index (χ2n) is 6.42. The van der Waals surface area contributed by atoms with Gasteiger partial charge in [0, 0.05) is 16.7 Å². The minimum atomic E-state index is -0.710. The van der Waals surface area contributed by atoms with Crippen molar-refractivity contribution in [3.8, 4) is 11.8 Å². The fourth-order valence-electron chi connectivity index (χ4n) is 3.36. The zero-order valence-electron chi connectivity index (χ0n) is 14.3. The SMILES string of the molecule is Cc1ccc([C@]2(C#Cc3ccccc3)OCCc3ccccc32)cc1. The Balaban J connectivity index is 1.91. The maximum Gasteiger partial charge on any atom is 0.180 e. The first-order valence-corrected chi connectivity index (χ1v) is 8.66. The van der Waals surface area contributed by atoms with Gasteiger partial charge in [0.2, 0.25) is 0 Å². The maximum atomic E-state index is 6.37. The van der Waals surface area contributed by atoms with Crippen LogP contribution in [0.1, 0.15) is 27.8 Å². The Morgan fingerprint density at radius 1 is 0.840 bits per heavy atom. The van der Waals surface area contributed by atoms with Crippen LogP contribution >= 0.6 is 0 Å². The molecule has 1 aliphatic heterocycles. The minimum Gasteiger partial charge on any atom is -0.353 e. The van der Waals surface area contributed by atoms with Gasteiger partial charge in [0.1, 0.15) is 0 Å². The Labute approximate surface area is 149 Å². The van der Waals surface area contributed by atoms with Gasteiger partial charge in [-0.2, -0.15) is 0 Å². The molecular formula is C24H20O. The lowest BCUT2D eigenvalue weighted by molar-refractivity contribution is 0.0161. The molecule has 0 radical (unpaired) electrons. The minimum absolute atomic E-state index is 0.675. The third-order valence-corrected chi connectivity index (χ3v) is 4.70. The summed E-state index contributed by atoms with van der Waals surface area (Å²) in [6.07, 6.45) is 0.927. The number of rotatable bonds is 1. The summed E-state index contributed by atoms with van der Waals surface area (Å²) < 4.78 is 6.37. The van der Waals surface area contributed by atoms with Gasteiger partial charge in [-0.25, -0.2) is 0 Å². The summed E-state index contributed by atoms with van der Waals surface area (Å²) in [6, 6.07) is 27.1. The molecule has 1 heteroatoms. The number of aryl methyl sites for hydroxylation is 1. The number of hydrogen-bond acceptors (Lipinski definition) is 1. The normalized spacial score (nSPS) is 18.8. The van der Waals surface area contributed by atoms with Crippen molar-refractivity contribution in [2.75, 3.05) is 6.61 Å². The molecule has 1 nitrogen and oxygen atoms in total. The van der Waals surface area contributed by atoms with E-state index in [1.54, 1.807) is 0 Å². The van der Waals surface area contributed by atoms with Crippen LogP contribution in [-0.2, 0) is 16.8 Å². The van der Waals surface area contributed by atoms with Crippen molar-refractivity contribution in [1.29, 1.82) is 0 Å². The van der Waals surface area contributed by atoms with Crippen LogP contribution in [0.3, 0.4) is 0 Å². The quantitative estimate of drug-likeness (QED) is 0.581. The fraction of sp³-hybridized carbons (Fsp3) is 0.167. The van der Waals surface area contributed by atoms with E-state index in [0.29, 0.717) is 6.61 Å². The Kier molecular flexibility index (Phi) is 4.14. The van der Waals surface area contributed by atoms with Crippen molar-refractivity contribution in [1.82, 2.24) is 0 Å². The van der Waals surface area contributed by atoms with E-state index in [-0.39, 0.29) is 0 Å². The predicted octanol–water partition coefficient (Wildman–Crippen LogP) is 4.86. The molecule has 0 bridgehead atoms. The largest absolute Gasteiger partial charge is 0.353 e. The van der Waals surface area contributed by atoms with Crippen LogP contribution in [0.15, 0.2) is 78.9 Å². The van der Waals surface area contributed by atoms with Crippen molar-refractivity contribution < 1.29 is 4.74 Å². The molecule has 0 amide bonds. The van der Waals surface area contributed by atoms with Crippen LogP contribution in [0.5, 0.6) is 0 Å². The molecule has 122 valence electrons. The first-order valence-electron chi connectivity index (χ1n) is 8.66. The van der Waals surface area contributed by atoms with E-state index in [1.165, 1.54) is 11.1 Å². The Morgan fingerprint density at radius 2 is 1.56 bits per heavy atom. The lowest BCUT2D eigenvalue weighted by atomic mass is 9.81. The van der Waals surface area contributed by atoms with E-state index < -0.39 is 5.60 Å². The van der Waals surface area contributed by atoms with Crippen molar-refractivity contribution in [3.05, 3.63) is 107 Å². The van der Waals surface area contributed by atoms with Gasteiger partial charge in [0.15, 0.2) is 5.60 Å². The highest BCUT2D eigenvalue weighted by molar-refractivity contribution is 5.52. The van der Waals surface area contributed by atoms with E-state index in [2.05, 4.69) is 67.3 Å². The van der Waals surface area contributed by atoms with Gasteiger partial charge < -0.3 is 4.74 Å². The highest BCUT2D eigenvalue weighted by atomic mass is 16.5. The second kappa shape index (κ2) is 6.59. The number of hydrogen-bond donors (Lipinski definition) is 0. The zero-order valence-corrected chi connectivity index (χ0v) is 14.3. The molecule has 0 saturated carbocycles. The summed E-state index contributed by atoms with van der Waals surface area (Å²) in [5.74, 6) is 6.81. The van der Waals surface area contributed by atoms with Crippen molar-refractivity contribution >= 4 is 0 Å². The zero-order chi connectivity index (χ0) is 17.1. The van der Waals surface area contributed by atoms with Crippen molar-refractivity contribution in [2.45, 2.75) is 18.9 Å². The standard InChI is InChI=1S/C24H20O/c1-19-11-13-22(14-12-19)24(17-15-20-7-3-2-4-8-20)23-10-6-5-9-21(23)16-18-25-24/h2-14H,16,18H2,1H3/t24-/m0/s1. The van der Waals surface area contributed by atoms with Crippen LogP contribution in [0, 0.1) is 18.8 Å². The van der Waals surface area contributed by atoms with E-state index in [0.717, 1.165) is 23.1 Å². The van der Waals surface area contributed by atoms with Gasteiger partial charge in [0.25, 0.3) is 0 Å². The summed E-state index contributed by atoms with van der Waals surface area (Å²) in [7, 11) is 0. The fourth-order valence-corrected chi connectivity index (χ4v) is 3.36. The van der Waals surface area contributed by atoms with Gasteiger partial charge in [0.05, 0.1) is 6.61 Å². The molecule has 3 aromatic rings. The summed E-state index contributed by atoms with van der Waals surface area (Å²) >= 11 is 0. The monoisotopic (exact) mass is 324 g/mol. The molecule has 0 aliphatic carbocycles. The molecule has 1 atom stereocenters. The molecule has 0 N–H and O–H groups in total. The molecule has 0 saturated heterocycles. The summed E-state index contributed by atoms with van der Waals surface area (Å²) in [6.45, 7) is 2.77. The van der Waals surface area contributed by atoms with Crippen molar-refractivity contribution in [2.24, 2.45) is 0 Å². The van der Waals surface area contributed by atoms with E-state index in [9.17, 15) is 0 Å². The average molecular weight is 324 g/mol. The molecule has 0 spiro atoms. The maximum absolute atomic E-state index is 6.37. The van der Waals surface area contributed by atoms with Crippen LogP contribution in [0.4, 0.5) is 0 Å².